The predicted octanol–water partition coefficient (Wildman–Crippen LogP) is 1.65. The summed E-state index contributed by atoms with van der Waals surface area (Å²) in [6.07, 6.45) is 3.18. The normalized spacial score (nSPS) is 12.2. The number of nitrogens with zero attached hydrogens (tertiary/aromatic N) is 4. The number of aromatic nitrogens is 4. The average Bonchev–Trinajstić information content (AvgIpc) is 2.91. The molecule has 3 aromatic rings. The van der Waals surface area contributed by atoms with Crippen molar-refractivity contribution < 1.29 is 4.21 Å². The van der Waals surface area contributed by atoms with Crippen LogP contribution >= 0.6 is 0 Å². The number of fused-ring (bicyclic) bond motifs is 1. The first-order chi connectivity index (χ1) is 9.78. The molecule has 6 nitrogen and oxygen atoms in total. The van der Waals surface area contributed by atoms with Crippen molar-refractivity contribution in [3.8, 4) is 17.5 Å². The molecule has 1 unspecified atom stereocenters. The minimum absolute atomic E-state index is 0.0164. The fourth-order valence-corrected chi connectivity index (χ4v) is 2.61. The zero-order valence-corrected chi connectivity index (χ0v) is 11.1. The molecule has 0 spiro atoms. The maximum absolute atomic E-state index is 11.8. The summed E-state index contributed by atoms with van der Waals surface area (Å²) >= 11 is 0. The van der Waals surface area contributed by atoms with Crippen molar-refractivity contribution in [2.75, 3.05) is 5.75 Å². The minimum Gasteiger partial charge on any atom is -0.337 e. The van der Waals surface area contributed by atoms with Crippen LogP contribution in [-0.2, 0) is 10.8 Å². The molecule has 0 amide bonds. The highest BCUT2D eigenvalue weighted by Gasteiger charge is 2.08. The van der Waals surface area contributed by atoms with Crippen LogP contribution in [0.1, 0.15) is 0 Å². The molecule has 7 heteroatoms. The monoisotopic (exact) mass is 283 g/mol. The van der Waals surface area contributed by atoms with E-state index in [0.29, 0.717) is 10.7 Å². The number of imidazole rings is 1. The standard InChI is InChI=1S/C13H9N5OS/c14-4-5-20(19)10-3-1-2-9(6-10)13-17-11-7-15-16-8-12(11)18-13/h1-3,6-8H,5H2,(H,17,18). The highest BCUT2D eigenvalue weighted by Crippen LogP contribution is 2.21. The van der Waals surface area contributed by atoms with E-state index >= 15 is 0 Å². The third-order valence-corrected chi connectivity index (χ3v) is 3.93. The lowest BCUT2D eigenvalue weighted by molar-refractivity contribution is 0.685. The first-order valence-corrected chi connectivity index (χ1v) is 7.12. The molecule has 0 aliphatic heterocycles. The molecule has 0 bridgehead atoms. The van der Waals surface area contributed by atoms with Crippen molar-refractivity contribution in [3.05, 3.63) is 36.7 Å². The van der Waals surface area contributed by atoms with Crippen LogP contribution in [0.25, 0.3) is 22.4 Å². The van der Waals surface area contributed by atoms with E-state index in [1.54, 1.807) is 30.6 Å². The molecule has 0 saturated carbocycles. The average molecular weight is 283 g/mol. The highest BCUT2D eigenvalue weighted by atomic mass is 32.2. The summed E-state index contributed by atoms with van der Waals surface area (Å²) in [6.45, 7) is 0. The SMILES string of the molecule is N#CCS(=O)c1cccc(-c2nc3cnncc3[nH]2)c1. The van der Waals surface area contributed by atoms with Crippen molar-refractivity contribution in [1.82, 2.24) is 20.2 Å². The van der Waals surface area contributed by atoms with Crippen molar-refractivity contribution in [1.29, 1.82) is 5.26 Å². The van der Waals surface area contributed by atoms with Crippen LogP contribution < -0.4 is 0 Å². The van der Waals surface area contributed by atoms with Crippen molar-refractivity contribution in [3.63, 3.8) is 0 Å². The summed E-state index contributed by atoms with van der Waals surface area (Å²) in [5.41, 5.74) is 2.32. The largest absolute Gasteiger partial charge is 0.337 e. The Morgan fingerprint density at radius 1 is 1.30 bits per heavy atom. The zero-order chi connectivity index (χ0) is 13.9. The van der Waals surface area contributed by atoms with E-state index in [0.717, 1.165) is 16.6 Å². The van der Waals surface area contributed by atoms with Crippen LogP contribution in [0.5, 0.6) is 0 Å². The quantitative estimate of drug-likeness (QED) is 0.788. The zero-order valence-electron chi connectivity index (χ0n) is 10.3. The molecule has 20 heavy (non-hydrogen) atoms. The summed E-state index contributed by atoms with van der Waals surface area (Å²) in [7, 11) is -1.31. The summed E-state index contributed by atoms with van der Waals surface area (Å²) in [5, 5.41) is 16.2. The van der Waals surface area contributed by atoms with Gasteiger partial charge in [-0.05, 0) is 12.1 Å². The van der Waals surface area contributed by atoms with Gasteiger partial charge in [0.2, 0.25) is 0 Å². The Labute approximate surface area is 117 Å². The van der Waals surface area contributed by atoms with Crippen LogP contribution in [-0.4, -0.2) is 30.1 Å². The number of H-pyrrole nitrogens is 1. The molecule has 2 aromatic heterocycles. The number of benzene rings is 1. The van der Waals surface area contributed by atoms with Gasteiger partial charge < -0.3 is 4.98 Å². The van der Waals surface area contributed by atoms with Crippen LogP contribution in [0.3, 0.4) is 0 Å². The van der Waals surface area contributed by atoms with E-state index in [1.807, 2.05) is 12.1 Å². The number of rotatable bonds is 3. The fourth-order valence-electron chi connectivity index (χ4n) is 1.84. The van der Waals surface area contributed by atoms with Crippen LogP contribution in [0.15, 0.2) is 41.6 Å². The third kappa shape index (κ3) is 2.29. The van der Waals surface area contributed by atoms with Gasteiger partial charge in [-0.1, -0.05) is 12.1 Å². The van der Waals surface area contributed by atoms with E-state index in [4.69, 9.17) is 5.26 Å². The van der Waals surface area contributed by atoms with Crippen molar-refractivity contribution in [2.24, 2.45) is 0 Å². The Hall–Kier alpha value is -2.59. The molecule has 0 aliphatic rings. The molecule has 0 aliphatic carbocycles. The summed E-state index contributed by atoms with van der Waals surface area (Å²) < 4.78 is 11.8. The number of hydrogen-bond donors (Lipinski definition) is 1. The van der Waals surface area contributed by atoms with Gasteiger partial charge >= 0.3 is 0 Å². The van der Waals surface area contributed by atoms with E-state index in [1.165, 1.54) is 0 Å². The lowest BCUT2D eigenvalue weighted by atomic mass is 10.2. The molecule has 0 fully saturated rings. The molecular weight excluding hydrogens is 274 g/mol. The van der Waals surface area contributed by atoms with Gasteiger partial charge in [0.15, 0.2) is 0 Å². The van der Waals surface area contributed by atoms with Crippen LogP contribution in [0, 0.1) is 11.3 Å². The van der Waals surface area contributed by atoms with Crippen LogP contribution in [0.2, 0.25) is 0 Å². The second-order valence-corrected chi connectivity index (χ2v) is 5.50. The lowest BCUT2D eigenvalue weighted by Gasteiger charge is -2.01. The van der Waals surface area contributed by atoms with Crippen molar-refractivity contribution >= 4 is 21.8 Å². The Morgan fingerprint density at radius 3 is 2.95 bits per heavy atom. The van der Waals surface area contributed by atoms with Gasteiger partial charge in [-0.2, -0.15) is 15.5 Å². The molecule has 0 saturated heterocycles. The minimum atomic E-state index is -1.31. The van der Waals surface area contributed by atoms with Crippen LogP contribution in [0.4, 0.5) is 0 Å². The Bertz CT molecular complexity index is 803. The second kappa shape index (κ2) is 5.19. The van der Waals surface area contributed by atoms with Gasteiger partial charge in [-0.3, -0.25) is 4.21 Å². The number of aromatic amines is 1. The number of hydrogen-bond acceptors (Lipinski definition) is 5. The van der Waals surface area contributed by atoms with E-state index in [-0.39, 0.29) is 5.75 Å². The fraction of sp³-hybridized carbons (Fsp3) is 0.0769. The molecule has 0 radical (unpaired) electrons. The Morgan fingerprint density at radius 2 is 2.15 bits per heavy atom. The molecule has 2 heterocycles. The number of nitriles is 1. The summed E-state index contributed by atoms with van der Waals surface area (Å²) in [6, 6.07) is 9.08. The van der Waals surface area contributed by atoms with Gasteiger partial charge in [0.05, 0.1) is 34.8 Å². The van der Waals surface area contributed by atoms with Gasteiger partial charge in [0, 0.05) is 10.5 Å². The lowest BCUT2D eigenvalue weighted by Crippen LogP contribution is -1.95. The first-order valence-electron chi connectivity index (χ1n) is 5.80. The molecule has 1 N–H and O–H groups in total. The van der Waals surface area contributed by atoms with Gasteiger partial charge in [0.1, 0.15) is 17.1 Å². The Kier molecular flexibility index (Phi) is 3.23. The molecule has 1 aromatic carbocycles. The van der Waals surface area contributed by atoms with Gasteiger partial charge in [-0.15, -0.1) is 0 Å². The van der Waals surface area contributed by atoms with Gasteiger partial charge in [0.25, 0.3) is 0 Å². The van der Waals surface area contributed by atoms with E-state index in [9.17, 15) is 4.21 Å². The van der Waals surface area contributed by atoms with Gasteiger partial charge in [-0.25, -0.2) is 4.98 Å². The highest BCUT2D eigenvalue weighted by molar-refractivity contribution is 7.85. The predicted molar refractivity (Wildman–Crippen MR) is 74.0 cm³/mol. The number of nitrogens with one attached hydrogen (secondary N) is 1. The maximum atomic E-state index is 11.8. The van der Waals surface area contributed by atoms with E-state index in [2.05, 4.69) is 20.2 Å². The van der Waals surface area contributed by atoms with Crippen molar-refractivity contribution in [2.45, 2.75) is 4.90 Å². The first kappa shape index (κ1) is 12.4. The summed E-state index contributed by atoms with van der Waals surface area (Å²) in [5.74, 6) is 0.642. The third-order valence-electron chi connectivity index (χ3n) is 2.76. The van der Waals surface area contributed by atoms with E-state index < -0.39 is 10.8 Å². The topological polar surface area (TPSA) is 95.3 Å². The molecule has 3 rings (SSSR count). The second-order valence-electron chi connectivity index (χ2n) is 4.05. The maximum Gasteiger partial charge on any atom is 0.138 e. The smallest absolute Gasteiger partial charge is 0.138 e. The summed E-state index contributed by atoms with van der Waals surface area (Å²) in [4.78, 5) is 8.15. The Balaban J connectivity index is 2.04. The molecule has 1 atom stereocenters. The molecule has 98 valence electrons. The molecular formula is C13H9N5OS.